The predicted octanol–water partition coefficient (Wildman–Crippen LogP) is 3.38. The monoisotopic (exact) mass is 325 g/mol. The van der Waals surface area contributed by atoms with E-state index in [0.717, 1.165) is 5.56 Å². The Morgan fingerprint density at radius 2 is 1.50 bits per heavy atom. The minimum Gasteiger partial charge on any atom is -0.444 e. The number of hydrogen-bond acceptors (Lipinski definition) is 4. The number of hydrogen-bond donors (Lipinski definition) is 0. The minimum absolute atomic E-state index is 0.0873. The van der Waals surface area contributed by atoms with Crippen molar-refractivity contribution in [2.45, 2.75) is 26.5 Å². The van der Waals surface area contributed by atoms with E-state index in [-0.39, 0.29) is 6.61 Å². The lowest BCUT2D eigenvalue weighted by molar-refractivity contribution is -0.135. The van der Waals surface area contributed by atoms with Crippen LogP contribution in [-0.4, -0.2) is 23.7 Å². The van der Waals surface area contributed by atoms with Gasteiger partial charge in [-0.05, 0) is 24.6 Å². The van der Waals surface area contributed by atoms with Gasteiger partial charge in [0.25, 0.3) is 0 Å². The average Bonchev–Trinajstić information content (AvgIpc) is 2.61. The standard InChI is InChI=1S/C19H19NO4/c1-14(18(22)15(2)21)20(17-11-7-4-8-12-17)19(23)24-13-16-9-5-3-6-10-16/h3-12,14H,13H2,1-2H3. The van der Waals surface area contributed by atoms with E-state index in [0.29, 0.717) is 5.69 Å². The Morgan fingerprint density at radius 1 is 0.958 bits per heavy atom. The first-order valence-corrected chi connectivity index (χ1v) is 7.60. The predicted molar refractivity (Wildman–Crippen MR) is 90.7 cm³/mol. The quantitative estimate of drug-likeness (QED) is 0.764. The van der Waals surface area contributed by atoms with Crippen molar-refractivity contribution in [1.82, 2.24) is 0 Å². The van der Waals surface area contributed by atoms with Gasteiger partial charge in [-0.25, -0.2) is 4.79 Å². The van der Waals surface area contributed by atoms with E-state index < -0.39 is 23.7 Å². The number of nitrogens with zero attached hydrogens (tertiary/aromatic N) is 1. The van der Waals surface area contributed by atoms with Gasteiger partial charge in [0, 0.05) is 12.6 Å². The zero-order chi connectivity index (χ0) is 17.5. The molecule has 0 aliphatic heterocycles. The van der Waals surface area contributed by atoms with Crippen LogP contribution in [0.15, 0.2) is 60.7 Å². The van der Waals surface area contributed by atoms with Crippen LogP contribution in [0.3, 0.4) is 0 Å². The molecule has 0 spiro atoms. The van der Waals surface area contributed by atoms with E-state index in [4.69, 9.17) is 4.74 Å². The third-order valence-corrected chi connectivity index (χ3v) is 3.55. The molecule has 5 heteroatoms. The van der Waals surface area contributed by atoms with Gasteiger partial charge in [0.05, 0.1) is 0 Å². The van der Waals surface area contributed by atoms with Crippen LogP contribution in [0.2, 0.25) is 0 Å². The van der Waals surface area contributed by atoms with Gasteiger partial charge in [-0.3, -0.25) is 14.5 Å². The van der Waals surface area contributed by atoms with Gasteiger partial charge in [0.15, 0.2) is 5.78 Å². The van der Waals surface area contributed by atoms with Gasteiger partial charge in [-0.15, -0.1) is 0 Å². The minimum atomic E-state index is -0.937. The average molecular weight is 325 g/mol. The van der Waals surface area contributed by atoms with Gasteiger partial charge in [-0.2, -0.15) is 0 Å². The molecule has 1 amide bonds. The highest BCUT2D eigenvalue weighted by Gasteiger charge is 2.30. The SMILES string of the molecule is CC(=O)C(=O)C(C)N(C(=O)OCc1ccccc1)c1ccccc1. The fourth-order valence-corrected chi connectivity index (χ4v) is 2.28. The zero-order valence-corrected chi connectivity index (χ0v) is 13.6. The Kier molecular flexibility index (Phi) is 5.84. The van der Waals surface area contributed by atoms with Crippen LogP contribution in [0, 0.1) is 0 Å². The van der Waals surface area contributed by atoms with Crippen LogP contribution >= 0.6 is 0 Å². The fourth-order valence-electron chi connectivity index (χ4n) is 2.28. The largest absolute Gasteiger partial charge is 0.444 e. The molecule has 0 aromatic heterocycles. The molecule has 0 fully saturated rings. The third-order valence-electron chi connectivity index (χ3n) is 3.55. The first-order chi connectivity index (χ1) is 11.5. The highest BCUT2D eigenvalue weighted by Crippen LogP contribution is 2.19. The molecular weight excluding hydrogens is 306 g/mol. The first-order valence-electron chi connectivity index (χ1n) is 7.60. The Labute approximate surface area is 140 Å². The maximum absolute atomic E-state index is 12.5. The molecule has 0 radical (unpaired) electrons. The smallest absolute Gasteiger partial charge is 0.415 e. The number of rotatable bonds is 6. The topological polar surface area (TPSA) is 63.7 Å². The van der Waals surface area contributed by atoms with Crippen molar-refractivity contribution >= 4 is 23.3 Å². The third kappa shape index (κ3) is 4.29. The van der Waals surface area contributed by atoms with Crippen molar-refractivity contribution in [3.8, 4) is 0 Å². The summed E-state index contributed by atoms with van der Waals surface area (Å²) in [6.45, 7) is 2.79. The van der Waals surface area contributed by atoms with Gasteiger partial charge in [0.1, 0.15) is 12.6 Å². The first kappa shape index (κ1) is 17.4. The maximum Gasteiger partial charge on any atom is 0.415 e. The number of Topliss-reactive ketones (excluding diaryl/α,β-unsaturated/α-hetero) is 2. The Bertz CT molecular complexity index is 713. The molecule has 0 aliphatic rings. The number of amides is 1. The van der Waals surface area contributed by atoms with Gasteiger partial charge < -0.3 is 4.74 Å². The second-order valence-electron chi connectivity index (χ2n) is 5.34. The summed E-state index contributed by atoms with van der Waals surface area (Å²) in [7, 11) is 0. The lowest BCUT2D eigenvalue weighted by Gasteiger charge is -2.27. The van der Waals surface area contributed by atoms with Gasteiger partial charge in [0.2, 0.25) is 5.78 Å². The second kappa shape index (κ2) is 8.06. The number of benzene rings is 2. The van der Waals surface area contributed by atoms with E-state index in [1.165, 1.54) is 18.7 Å². The fraction of sp³-hybridized carbons (Fsp3) is 0.211. The molecule has 2 rings (SSSR count). The second-order valence-corrected chi connectivity index (χ2v) is 5.34. The van der Waals surface area contributed by atoms with Crippen molar-refractivity contribution in [1.29, 1.82) is 0 Å². The summed E-state index contributed by atoms with van der Waals surface area (Å²) in [5.74, 6) is -1.24. The van der Waals surface area contributed by atoms with E-state index in [1.54, 1.807) is 30.3 Å². The van der Waals surface area contributed by atoms with Crippen LogP contribution in [0.1, 0.15) is 19.4 Å². The Hall–Kier alpha value is -2.95. The molecule has 24 heavy (non-hydrogen) atoms. The van der Waals surface area contributed by atoms with E-state index >= 15 is 0 Å². The summed E-state index contributed by atoms with van der Waals surface area (Å²) >= 11 is 0. The maximum atomic E-state index is 12.5. The number of anilines is 1. The number of para-hydroxylation sites is 1. The molecule has 0 N–H and O–H groups in total. The van der Waals surface area contributed by atoms with Gasteiger partial charge in [-0.1, -0.05) is 48.5 Å². The highest BCUT2D eigenvalue weighted by atomic mass is 16.6. The van der Waals surface area contributed by atoms with E-state index in [1.807, 2.05) is 30.3 Å². The van der Waals surface area contributed by atoms with E-state index in [9.17, 15) is 14.4 Å². The molecule has 5 nitrogen and oxygen atoms in total. The molecule has 0 aliphatic carbocycles. The number of ether oxygens (including phenoxy) is 1. The molecule has 2 aromatic rings. The van der Waals surface area contributed by atoms with E-state index in [2.05, 4.69) is 0 Å². The van der Waals surface area contributed by atoms with Crippen molar-refractivity contribution < 1.29 is 19.1 Å². The molecule has 0 saturated carbocycles. The van der Waals surface area contributed by atoms with Crippen molar-refractivity contribution in [3.63, 3.8) is 0 Å². The number of carbonyl (C=O) groups is 3. The molecule has 1 unspecified atom stereocenters. The Morgan fingerprint density at radius 3 is 2.04 bits per heavy atom. The van der Waals surface area contributed by atoms with Crippen LogP contribution in [0.4, 0.5) is 10.5 Å². The van der Waals surface area contributed by atoms with Crippen molar-refractivity contribution in [2.24, 2.45) is 0 Å². The molecule has 1 atom stereocenters. The molecule has 124 valence electrons. The molecule has 0 heterocycles. The lowest BCUT2D eigenvalue weighted by atomic mass is 10.1. The van der Waals surface area contributed by atoms with Crippen LogP contribution in [0.5, 0.6) is 0 Å². The molecule has 0 bridgehead atoms. The summed E-state index contributed by atoms with van der Waals surface area (Å²) in [4.78, 5) is 37.2. The summed E-state index contributed by atoms with van der Waals surface area (Å²) in [5.41, 5.74) is 1.34. The van der Waals surface area contributed by atoms with Crippen LogP contribution in [-0.2, 0) is 20.9 Å². The highest BCUT2D eigenvalue weighted by molar-refractivity contribution is 6.39. The molecule has 2 aromatic carbocycles. The Balaban J connectivity index is 2.20. The van der Waals surface area contributed by atoms with Crippen LogP contribution in [0.25, 0.3) is 0 Å². The zero-order valence-electron chi connectivity index (χ0n) is 13.6. The molecule has 0 saturated heterocycles. The number of carbonyl (C=O) groups excluding carboxylic acids is 3. The molecular formula is C19H19NO4. The van der Waals surface area contributed by atoms with Crippen molar-refractivity contribution in [3.05, 3.63) is 66.2 Å². The summed E-state index contributed by atoms with van der Waals surface area (Å²) < 4.78 is 5.32. The van der Waals surface area contributed by atoms with Gasteiger partial charge >= 0.3 is 6.09 Å². The van der Waals surface area contributed by atoms with Crippen LogP contribution < -0.4 is 4.90 Å². The summed E-state index contributed by atoms with van der Waals surface area (Å²) in [6, 6.07) is 17.0. The summed E-state index contributed by atoms with van der Waals surface area (Å²) in [5, 5.41) is 0. The normalized spacial score (nSPS) is 11.4. The summed E-state index contributed by atoms with van der Waals surface area (Å²) in [6.07, 6.45) is -0.674. The van der Waals surface area contributed by atoms with Crippen molar-refractivity contribution in [2.75, 3.05) is 4.90 Å². The lowest BCUT2D eigenvalue weighted by Crippen LogP contribution is -2.45. The number of ketones is 2.